The van der Waals surface area contributed by atoms with Crippen molar-refractivity contribution in [3.63, 3.8) is 0 Å². The molecule has 0 bridgehead atoms. The van der Waals surface area contributed by atoms with Gasteiger partial charge in [0.1, 0.15) is 5.78 Å². The van der Waals surface area contributed by atoms with Gasteiger partial charge < -0.3 is 0 Å². The van der Waals surface area contributed by atoms with Crippen LogP contribution in [0.2, 0.25) is 0 Å². The minimum atomic E-state index is 0. The van der Waals surface area contributed by atoms with Crippen molar-refractivity contribution in [2.45, 2.75) is 18.8 Å². The van der Waals surface area contributed by atoms with Gasteiger partial charge in [0.2, 0.25) is 0 Å². The Balaban J connectivity index is 0.000000720. The fraction of sp³-hybridized carbons (Fsp3) is 0.333. The molecule has 0 aromatic carbocycles. The third kappa shape index (κ3) is 1.64. The van der Waals surface area contributed by atoms with Gasteiger partial charge in [-0.3, -0.25) is 9.78 Å². The molecule has 1 aliphatic rings. The highest BCUT2D eigenvalue weighted by Gasteiger charge is 2.27. The van der Waals surface area contributed by atoms with Gasteiger partial charge in [0.25, 0.3) is 0 Å². The van der Waals surface area contributed by atoms with E-state index in [1.54, 1.807) is 12.4 Å². The summed E-state index contributed by atoms with van der Waals surface area (Å²) in [7, 11) is 0. The van der Waals surface area contributed by atoms with Crippen LogP contribution < -0.4 is 0 Å². The lowest BCUT2D eigenvalue weighted by Gasteiger charge is -2.23. The Labute approximate surface area is 77.4 Å². The minimum absolute atomic E-state index is 0. The average Bonchev–Trinajstić information content (AvgIpc) is 2.01. The number of carbonyl (C=O) groups excluding carboxylic acids is 1. The summed E-state index contributed by atoms with van der Waals surface area (Å²) in [5.74, 6) is 0.859. The van der Waals surface area contributed by atoms with Crippen LogP contribution in [0.15, 0.2) is 24.5 Å². The van der Waals surface area contributed by atoms with Gasteiger partial charge in [0, 0.05) is 25.2 Å². The van der Waals surface area contributed by atoms with Gasteiger partial charge >= 0.3 is 0 Å². The summed E-state index contributed by atoms with van der Waals surface area (Å²) in [6, 6.07) is 3.97. The second-order valence-electron chi connectivity index (χ2n) is 2.92. The summed E-state index contributed by atoms with van der Waals surface area (Å²) in [6.07, 6.45) is 5.00. The number of Topliss-reactive ketones (excluding diaryl/α,β-unsaturated/α-hetero) is 1. The summed E-state index contributed by atoms with van der Waals surface area (Å²) in [5.41, 5.74) is 1.25. The summed E-state index contributed by atoms with van der Waals surface area (Å²) in [6.45, 7) is 0. The van der Waals surface area contributed by atoms with E-state index in [-0.39, 0.29) is 12.4 Å². The van der Waals surface area contributed by atoms with E-state index >= 15 is 0 Å². The van der Waals surface area contributed by atoms with Gasteiger partial charge in [-0.05, 0) is 23.6 Å². The van der Waals surface area contributed by atoms with E-state index in [0.717, 1.165) is 12.8 Å². The van der Waals surface area contributed by atoms with Crippen molar-refractivity contribution in [2.75, 3.05) is 0 Å². The maximum atomic E-state index is 10.7. The number of hydrogen-bond acceptors (Lipinski definition) is 2. The zero-order valence-corrected chi connectivity index (χ0v) is 7.38. The second kappa shape index (κ2) is 3.68. The molecule has 1 aliphatic carbocycles. The van der Waals surface area contributed by atoms with E-state index in [2.05, 4.69) is 4.98 Å². The quantitative estimate of drug-likeness (QED) is 0.666. The number of hydrogen-bond donors (Lipinski definition) is 0. The Hall–Kier alpha value is -0.890. The molecule has 1 aromatic heterocycles. The predicted octanol–water partition coefficient (Wildman–Crippen LogP) is 1.95. The monoisotopic (exact) mass is 183 g/mol. The van der Waals surface area contributed by atoms with Crippen molar-refractivity contribution in [3.8, 4) is 0 Å². The lowest BCUT2D eigenvalue weighted by atomic mass is 9.79. The van der Waals surface area contributed by atoms with E-state index in [0.29, 0.717) is 11.7 Å². The van der Waals surface area contributed by atoms with Crippen molar-refractivity contribution < 1.29 is 4.79 Å². The van der Waals surface area contributed by atoms with E-state index in [1.807, 2.05) is 12.1 Å². The summed E-state index contributed by atoms with van der Waals surface area (Å²) < 4.78 is 0. The first-order valence-electron chi connectivity index (χ1n) is 3.78. The Kier molecular flexibility index (Phi) is 2.82. The molecule has 0 N–H and O–H groups in total. The third-order valence-electron chi connectivity index (χ3n) is 2.13. The second-order valence-corrected chi connectivity index (χ2v) is 2.92. The van der Waals surface area contributed by atoms with Gasteiger partial charge in [-0.2, -0.15) is 0 Å². The molecule has 1 fully saturated rings. The number of ketones is 1. The molecule has 0 spiro atoms. The molecule has 0 saturated heterocycles. The molecule has 64 valence electrons. The molecule has 2 nitrogen and oxygen atoms in total. The predicted molar refractivity (Wildman–Crippen MR) is 48.5 cm³/mol. The molecule has 0 unspecified atom stereocenters. The van der Waals surface area contributed by atoms with Crippen molar-refractivity contribution in [2.24, 2.45) is 0 Å². The molecule has 0 atom stereocenters. The molecule has 3 heteroatoms. The lowest BCUT2D eigenvalue weighted by Crippen LogP contribution is -2.20. The van der Waals surface area contributed by atoms with Crippen LogP contribution in [-0.4, -0.2) is 10.8 Å². The third-order valence-corrected chi connectivity index (χ3v) is 2.13. The van der Waals surface area contributed by atoms with Crippen molar-refractivity contribution in [1.82, 2.24) is 4.98 Å². The van der Waals surface area contributed by atoms with Crippen molar-refractivity contribution >= 4 is 18.2 Å². The maximum Gasteiger partial charge on any atom is 0.134 e. The SMILES string of the molecule is Cl.O=C1CC(c2ccncc2)C1. The molecule has 1 aromatic rings. The molecule has 0 radical (unpaired) electrons. The normalized spacial score (nSPS) is 16.5. The summed E-state index contributed by atoms with van der Waals surface area (Å²) >= 11 is 0. The first-order valence-corrected chi connectivity index (χ1v) is 3.78. The first-order chi connectivity index (χ1) is 5.36. The number of rotatable bonds is 1. The number of halogens is 1. The van der Waals surface area contributed by atoms with Gasteiger partial charge in [0.05, 0.1) is 0 Å². The molecule has 2 rings (SSSR count). The zero-order chi connectivity index (χ0) is 7.68. The largest absolute Gasteiger partial charge is 0.300 e. The van der Waals surface area contributed by atoms with E-state index in [4.69, 9.17) is 0 Å². The molecule has 1 heterocycles. The van der Waals surface area contributed by atoms with Crippen molar-refractivity contribution in [3.05, 3.63) is 30.1 Å². The van der Waals surface area contributed by atoms with Gasteiger partial charge in [-0.15, -0.1) is 12.4 Å². The van der Waals surface area contributed by atoms with Crippen LogP contribution in [0, 0.1) is 0 Å². The van der Waals surface area contributed by atoms with Crippen LogP contribution in [0.25, 0.3) is 0 Å². The molecule has 0 aliphatic heterocycles. The fourth-order valence-corrected chi connectivity index (χ4v) is 1.36. The van der Waals surface area contributed by atoms with E-state index < -0.39 is 0 Å². The maximum absolute atomic E-state index is 10.7. The number of carbonyl (C=O) groups is 1. The molecular weight excluding hydrogens is 174 g/mol. The molecular formula is C9H10ClNO. The van der Waals surface area contributed by atoms with Crippen LogP contribution in [0.1, 0.15) is 24.3 Å². The minimum Gasteiger partial charge on any atom is -0.300 e. The number of nitrogens with zero attached hydrogens (tertiary/aromatic N) is 1. The topological polar surface area (TPSA) is 30.0 Å². The highest BCUT2D eigenvalue weighted by Crippen LogP contribution is 2.32. The molecule has 12 heavy (non-hydrogen) atoms. The molecule has 0 amide bonds. The van der Waals surface area contributed by atoms with Crippen LogP contribution in [-0.2, 0) is 4.79 Å². The Morgan fingerprint density at radius 2 is 1.83 bits per heavy atom. The Morgan fingerprint density at radius 3 is 2.33 bits per heavy atom. The number of pyridine rings is 1. The standard InChI is InChI=1S/C9H9NO.ClH/c11-9-5-8(6-9)7-1-3-10-4-2-7;/h1-4,8H,5-6H2;1H. The van der Waals surface area contributed by atoms with Gasteiger partial charge in [0.15, 0.2) is 0 Å². The number of aromatic nitrogens is 1. The van der Waals surface area contributed by atoms with Gasteiger partial charge in [-0.1, -0.05) is 0 Å². The van der Waals surface area contributed by atoms with Crippen molar-refractivity contribution in [1.29, 1.82) is 0 Å². The van der Waals surface area contributed by atoms with E-state index in [1.165, 1.54) is 5.56 Å². The zero-order valence-electron chi connectivity index (χ0n) is 6.56. The van der Waals surface area contributed by atoms with Crippen LogP contribution >= 0.6 is 12.4 Å². The lowest BCUT2D eigenvalue weighted by molar-refractivity contribution is -0.124. The Morgan fingerprint density at radius 1 is 1.25 bits per heavy atom. The van der Waals surface area contributed by atoms with E-state index in [9.17, 15) is 4.79 Å². The van der Waals surface area contributed by atoms with Crippen LogP contribution in [0.4, 0.5) is 0 Å². The smallest absolute Gasteiger partial charge is 0.134 e. The summed E-state index contributed by atoms with van der Waals surface area (Å²) in [4.78, 5) is 14.6. The van der Waals surface area contributed by atoms with Crippen LogP contribution in [0.3, 0.4) is 0 Å². The van der Waals surface area contributed by atoms with Gasteiger partial charge in [-0.25, -0.2) is 0 Å². The Bertz CT molecular complexity index is 265. The average molecular weight is 184 g/mol. The fourth-order valence-electron chi connectivity index (χ4n) is 1.36. The van der Waals surface area contributed by atoms with Crippen LogP contribution in [0.5, 0.6) is 0 Å². The molecule has 1 saturated carbocycles. The highest BCUT2D eigenvalue weighted by molar-refractivity contribution is 5.86. The first kappa shape index (κ1) is 9.20. The highest BCUT2D eigenvalue weighted by atomic mass is 35.5. The summed E-state index contributed by atoms with van der Waals surface area (Å²) in [5, 5.41) is 0.